The molecule has 0 fully saturated rings. The van der Waals surface area contributed by atoms with Gasteiger partial charge in [-0.15, -0.1) is 11.3 Å². The standard InChI is InChI=1S/C17H23NS/c1-3-14(4-2)13-18-17(16-11-8-12-19-16)15-9-6-5-7-10-15/h5-12,14,17-18H,3-4,13H2,1-2H3. The van der Waals surface area contributed by atoms with Crippen molar-refractivity contribution in [1.29, 1.82) is 0 Å². The van der Waals surface area contributed by atoms with Gasteiger partial charge in [-0.05, 0) is 29.5 Å². The van der Waals surface area contributed by atoms with E-state index in [4.69, 9.17) is 0 Å². The van der Waals surface area contributed by atoms with Crippen LogP contribution in [-0.2, 0) is 0 Å². The van der Waals surface area contributed by atoms with Crippen LogP contribution in [0.4, 0.5) is 0 Å². The predicted octanol–water partition coefficient (Wildman–Crippen LogP) is 4.86. The lowest BCUT2D eigenvalue weighted by atomic mass is 10.0. The Morgan fingerprint density at radius 1 is 1.00 bits per heavy atom. The van der Waals surface area contributed by atoms with Crippen LogP contribution in [0.5, 0.6) is 0 Å². The molecule has 1 heterocycles. The fraction of sp³-hybridized carbons (Fsp3) is 0.412. The summed E-state index contributed by atoms with van der Waals surface area (Å²) in [5, 5.41) is 5.91. The molecule has 19 heavy (non-hydrogen) atoms. The molecule has 0 saturated carbocycles. The normalized spacial score (nSPS) is 12.8. The van der Waals surface area contributed by atoms with Crippen LogP contribution in [0, 0.1) is 5.92 Å². The maximum absolute atomic E-state index is 3.75. The van der Waals surface area contributed by atoms with E-state index in [0.717, 1.165) is 12.5 Å². The molecule has 1 nitrogen and oxygen atoms in total. The van der Waals surface area contributed by atoms with E-state index >= 15 is 0 Å². The fourth-order valence-corrected chi connectivity index (χ4v) is 3.17. The number of rotatable bonds is 7. The molecule has 0 amide bonds. The van der Waals surface area contributed by atoms with Crippen LogP contribution in [0.15, 0.2) is 47.8 Å². The Labute approximate surface area is 120 Å². The molecule has 0 aliphatic rings. The summed E-state index contributed by atoms with van der Waals surface area (Å²) in [6, 6.07) is 15.4. The van der Waals surface area contributed by atoms with Crippen LogP contribution in [0.25, 0.3) is 0 Å². The number of benzene rings is 1. The van der Waals surface area contributed by atoms with Crippen molar-refractivity contribution in [3.63, 3.8) is 0 Å². The summed E-state index contributed by atoms with van der Waals surface area (Å²) in [5.41, 5.74) is 1.36. The van der Waals surface area contributed by atoms with E-state index in [1.807, 2.05) is 11.3 Å². The van der Waals surface area contributed by atoms with Crippen LogP contribution in [-0.4, -0.2) is 6.54 Å². The summed E-state index contributed by atoms with van der Waals surface area (Å²) in [7, 11) is 0. The fourth-order valence-electron chi connectivity index (χ4n) is 2.35. The maximum atomic E-state index is 3.75. The first-order valence-electron chi connectivity index (χ1n) is 7.16. The molecule has 1 aromatic heterocycles. The van der Waals surface area contributed by atoms with Gasteiger partial charge in [-0.1, -0.05) is 63.1 Å². The number of hydrogen-bond acceptors (Lipinski definition) is 2. The third-order valence-corrected chi connectivity index (χ3v) is 4.66. The molecule has 0 bridgehead atoms. The number of nitrogens with one attached hydrogen (secondary N) is 1. The molecule has 1 N–H and O–H groups in total. The Hall–Kier alpha value is -1.12. The molecular formula is C17H23NS. The Morgan fingerprint density at radius 2 is 1.74 bits per heavy atom. The van der Waals surface area contributed by atoms with E-state index in [1.54, 1.807) is 0 Å². The van der Waals surface area contributed by atoms with Gasteiger partial charge >= 0.3 is 0 Å². The van der Waals surface area contributed by atoms with Crippen LogP contribution in [0.3, 0.4) is 0 Å². The highest BCUT2D eigenvalue weighted by Crippen LogP contribution is 2.26. The average Bonchev–Trinajstić information content (AvgIpc) is 2.99. The molecule has 1 unspecified atom stereocenters. The minimum Gasteiger partial charge on any atom is -0.305 e. The molecule has 1 atom stereocenters. The summed E-state index contributed by atoms with van der Waals surface area (Å²) in [6.45, 7) is 5.64. The minimum atomic E-state index is 0.335. The van der Waals surface area contributed by atoms with Gasteiger partial charge in [0.2, 0.25) is 0 Å². The zero-order valence-corrected chi connectivity index (χ0v) is 12.6. The highest BCUT2D eigenvalue weighted by molar-refractivity contribution is 7.10. The van der Waals surface area contributed by atoms with Crippen molar-refractivity contribution in [1.82, 2.24) is 5.32 Å². The quantitative estimate of drug-likeness (QED) is 0.759. The van der Waals surface area contributed by atoms with Crippen LogP contribution >= 0.6 is 11.3 Å². The van der Waals surface area contributed by atoms with E-state index in [-0.39, 0.29) is 0 Å². The zero-order chi connectivity index (χ0) is 13.5. The van der Waals surface area contributed by atoms with Gasteiger partial charge in [-0.2, -0.15) is 0 Å². The Kier molecular flexibility index (Phi) is 5.62. The van der Waals surface area contributed by atoms with Crippen LogP contribution in [0.2, 0.25) is 0 Å². The van der Waals surface area contributed by atoms with Crippen molar-refractivity contribution in [2.75, 3.05) is 6.54 Å². The first kappa shape index (κ1) is 14.3. The Bertz CT molecular complexity index is 445. The van der Waals surface area contributed by atoms with Gasteiger partial charge in [-0.25, -0.2) is 0 Å². The molecular weight excluding hydrogens is 250 g/mol. The second-order valence-corrected chi connectivity index (χ2v) is 5.93. The van der Waals surface area contributed by atoms with Crippen LogP contribution in [0.1, 0.15) is 43.2 Å². The Morgan fingerprint density at radius 3 is 2.32 bits per heavy atom. The lowest BCUT2D eigenvalue weighted by Crippen LogP contribution is -2.27. The van der Waals surface area contributed by atoms with E-state index < -0.39 is 0 Å². The zero-order valence-electron chi connectivity index (χ0n) is 11.8. The molecule has 2 aromatic rings. The van der Waals surface area contributed by atoms with Gasteiger partial charge < -0.3 is 5.32 Å². The largest absolute Gasteiger partial charge is 0.305 e. The number of thiophene rings is 1. The highest BCUT2D eigenvalue weighted by atomic mass is 32.1. The van der Waals surface area contributed by atoms with Gasteiger partial charge in [-0.3, -0.25) is 0 Å². The van der Waals surface area contributed by atoms with Crippen molar-refractivity contribution in [3.05, 3.63) is 58.3 Å². The van der Waals surface area contributed by atoms with Gasteiger partial charge in [0.25, 0.3) is 0 Å². The lowest BCUT2D eigenvalue weighted by molar-refractivity contribution is 0.432. The minimum absolute atomic E-state index is 0.335. The van der Waals surface area contributed by atoms with E-state index in [9.17, 15) is 0 Å². The third-order valence-electron chi connectivity index (χ3n) is 3.73. The highest BCUT2D eigenvalue weighted by Gasteiger charge is 2.15. The second-order valence-electron chi connectivity index (χ2n) is 4.95. The van der Waals surface area contributed by atoms with Crippen LogP contribution < -0.4 is 5.32 Å². The van der Waals surface area contributed by atoms with Crippen molar-refractivity contribution in [3.8, 4) is 0 Å². The molecule has 0 spiro atoms. The maximum Gasteiger partial charge on any atom is 0.0671 e. The smallest absolute Gasteiger partial charge is 0.0671 e. The molecule has 0 saturated heterocycles. The molecule has 2 rings (SSSR count). The molecule has 1 aromatic carbocycles. The first-order chi connectivity index (χ1) is 9.35. The topological polar surface area (TPSA) is 12.0 Å². The summed E-state index contributed by atoms with van der Waals surface area (Å²) in [6.07, 6.45) is 2.49. The Balaban J connectivity index is 2.12. The molecule has 102 valence electrons. The summed E-state index contributed by atoms with van der Waals surface area (Å²) >= 11 is 1.83. The monoisotopic (exact) mass is 273 g/mol. The third kappa shape index (κ3) is 3.92. The van der Waals surface area contributed by atoms with E-state index in [0.29, 0.717) is 6.04 Å². The molecule has 0 radical (unpaired) electrons. The van der Waals surface area contributed by atoms with E-state index in [2.05, 4.69) is 67.0 Å². The SMILES string of the molecule is CCC(CC)CNC(c1ccccc1)c1cccs1. The van der Waals surface area contributed by atoms with Gasteiger partial charge in [0.15, 0.2) is 0 Å². The lowest BCUT2D eigenvalue weighted by Gasteiger charge is -2.21. The summed E-state index contributed by atoms with van der Waals surface area (Å²) in [5.74, 6) is 0.770. The molecule has 0 aliphatic heterocycles. The van der Waals surface area contributed by atoms with Crippen molar-refractivity contribution >= 4 is 11.3 Å². The first-order valence-corrected chi connectivity index (χ1v) is 8.04. The average molecular weight is 273 g/mol. The summed E-state index contributed by atoms with van der Waals surface area (Å²) < 4.78 is 0. The van der Waals surface area contributed by atoms with Gasteiger partial charge in [0.05, 0.1) is 6.04 Å². The predicted molar refractivity (Wildman–Crippen MR) is 84.7 cm³/mol. The van der Waals surface area contributed by atoms with Crippen molar-refractivity contribution in [2.24, 2.45) is 5.92 Å². The van der Waals surface area contributed by atoms with Gasteiger partial charge in [0.1, 0.15) is 0 Å². The van der Waals surface area contributed by atoms with Gasteiger partial charge in [0, 0.05) is 4.88 Å². The van der Waals surface area contributed by atoms with E-state index in [1.165, 1.54) is 23.3 Å². The second kappa shape index (κ2) is 7.46. The number of hydrogen-bond donors (Lipinski definition) is 1. The van der Waals surface area contributed by atoms with Crippen molar-refractivity contribution in [2.45, 2.75) is 32.7 Å². The molecule has 2 heteroatoms. The molecule has 0 aliphatic carbocycles. The van der Waals surface area contributed by atoms with Crippen molar-refractivity contribution < 1.29 is 0 Å². The summed E-state index contributed by atoms with van der Waals surface area (Å²) in [4.78, 5) is 1.40.